The van der Waals surface area contributed by atoms with Crippen molar-refractivity contribution in [1.29, 1.82) is 0 Å². The number of aromatic nitrogens is 1. The van der Waals surface area contributed by atoms with Gasteiger partial charge in [-0.05, 0) is 34.9 Å². The van der Waals surface area contributed by atoms with Gasteiger partial charge in [0.1, 0.15) is 0 Å². The Hall–Kier alpha value is -3.79. The molecule has 0 saturated carbocycles. The van der Waals surface area contributed by atoms with Crippen LogP contribution in [0.15, 0.2) is 103 Å². The minimum Gasteiger partial charge on any atom is -0.334 e. The molecule has 0 aliphatic carbocycles. The Bertz CT molecular complexity index is 1150. The lowest BCUT2D eigenvalue weighted by Gasteiger charge is -2.31. The Morgan fingerprint density at radius 3 is 2.33 bits per heavy atom. The summed E-state index contributed by atoms with van der Waals surface area (Å²) in [4.78, 5) is 15.4. The molecule has 0 fully saturated rings. The predicted molar refractivity (Wildman–Crippen MR) is 118 cm³/mol. The van der Waals surface area contributed by atoms with Gasteiger partial charge in [-0.2, -0.15) is 0 Å². The minimum absolute atomic E-state index is 0.0721. The van der Waals surface area contributed by atoms with E-state index >= 15 is 0 Å². The van der Waals surface area contributed by atoms with Crippen molar-refractivity contribution in [3.8, 4) is 5.69 Å². The quantitative estimate of drug-likeness (QED) is 0.504. The van der Waals surface area contributed by atoms with Crippen molar-refractivity contribution >= 4 is 6.03 Å². The fraction of sp³-hybridized carbons (Fsp3) is 0.115. The summed E-state index contributed by atoms with van der Waals surface area (Å²) in [6.45, 7) is 1.04. The second-order valence-electron chi connectivity index (χ2n) is 7.52. The van der Waals surface area contributed by atoms with E-state index in [1.165, 1.54) is 0 Å². The van der Waals surface area contributed by atoms with Crippen LogP contribution in [0.4, 0.5) is 4.79 Å². The maximum Gasteiger partial charge on any atom is 0.318 e. The summed E-state index contributed by atoms with van der Waals surface area (Å²) in [5.74, 6) is 0. The number of nitrogens with one attached hydrogen (secondary N) is 1. The normalized spacial score (nSPS) is 15.1. The molecule has 0 radical (unpaired) electrons. The second-order valence-corrected chi connectivity index (χ2v) is 7.52. The Morgan fingerprint density at radius 1 is 0.833 bits per heavy atom. The molecule has 2 amide bonds. The van der Waals surface area contributed by atoms with Gasteiger partial charge in [-0.15, -0.1) is 0 Å². The van der Waals surface area contributed by atoms with Gasteiger partial charge in [-0.3, -0.25) is 0 Å². The third kappa shape index (κ3) is 3.37. The van der Waals surface area contributed by atoms with E-state index in [9.17, 15) is 4.79 Å². The summed E-state index contributed by atoms with van der Waals surface area (Å²) in [7, 11) is 0. The van der Waals surface area contributed by atoms with Crippen molar-refractivity contribution in [2.45, 2.75) is 19.1 Å². The van der Waals surface area contributed by atoms with E-state index in [0.29, 0.717) is 13.1 Å². The largest absolute Gasteiger partial charge is 0.334 e. The molecule has 2 heterocycles. The summed E-state index contributed by atoms with van der Waals surface area (Å²) in [6.07, 6.45) is 2.08. The lowest BCUT2D eigenvalue weighted by molar-refractivity contribution is 0.180. The summed E-state index contributed by atoms with van der Waals surface area (Å²) in [5.41, 5.74) is 5.52. The zero-order valence-electron chi connectivity index (χ0n) is 16.6. The van der Waals surface area contributed by atoms with Crippen LogP contribution in [-0.4, -0.2) is 15.5 Å². The molecule has 1 atom stereocenters. The molecule has 4 heteroatoms. The number of fused-ring (bicyclic) bond motifs is 3. The first-order valence-electron chi connectivity index (χ1n) is 10.2. The average molecular weight is 393 g/mol. The predicted octanol–water partition coefficient (Wildman–Crippen LogP) is 5.29. The number of rotatable bonds is 3. The highest BCUT2D eigenvalue weighted by molar-refractivity contribution is 5.76. The second kappa shape index (κ2) is 7.91. The third-order valence-corrected chi connectivity index (χ3v) is 5.63. The van der Waals surface area contributed by atoms with Crippen LogP contribution in [0.25, 0.3) is 5.69 Å². The molecule has 0 saturated heterocycles. The van der Waals surface area contributed by atoms with Gasteiger partial charge in [-0.1, -0.05) is 78.9 Å². The molecule has 1 aliphatic heterocycles. The number of hydrogen-bond acceptors (Lipinski definition) is 1. The fourth-order valence-corrected chi connectivity index (χ4v) is 4.20. The molecule has 30 heavy (non-hydrogen) atoms. The van der Waals surface area contributed by atoms with E-state index < -0.39 is 0 Å². The molecule has 5 rings (SSSR count). The molecule has 1 aliphatic rings. The monoisotopic (exact) mass is 393 g/mol. The third-order valence-electron chi connectivity index (χ3n) is 5.63. The number of urea groups is 1. The lowest BCUT2D eigenvalue weighted by atomic mass is 10.0. The lowest BCUT2D eigenvalue weighted by Crippen LogP contribution is -2.41. The van der Waals surface area contributed by atoms with Gasteiger partial charge in [0.05, 0.1) is 18.3 Å². The van der Waals surface area contributed by atoms with Crippen molar-refractivity contribution in [2.75, 3.05) is 0 Å². The summed E-state index contributed by atoms with van der Waals surface area (Å²) in [6, 6.07) is 32.5. The molecule has 4 nitrogen and oxygen atoms in total. The average Bonchev–Trinajstić information content (AvgIpc) is 3.23. The van der Waals surface area contributed by atoms with Crippen LogP contribution in [0, 0.1) is 0 Å². The van der Waals surface area contributed by atoms with E-state index in [0.717, 1.165) is 28.1 Å². The van der Waals surface area contributed by atoms with E-state index in [2.05, 4.69) is 46.4 Å². The molecular weight excluding hydrogens is 370 g/mol. The first kappa shape index (κ1) is 18.3. The van der Waals surface area contributed by atoms with Crippen LogP contribution in [0.5, 0.6) is 0 Å². The van der Waals surface area contributed by atoms with Gasteiger partial charge in [0, 0.05) is 18.4 Å². The number of para-hydroxylation sites is 1. The molecular formula is C26H23N3O. The van der Waals surface area contributed by atoms with Crippen molar-refractivity contribution < 1.29 is 4.79 Å². The molecule has 1 N–H and O–H groups in total. The van der Waals surface area contributed by atoms with Gasteiger partial charge in [-0.25, -0.2) is 4.79 Å². The molecule has 3 aromatic carbocycles. The van der Waals surface area contributed by atoms with Gasteiger partial charge in [0.2, 0.25) is 0 Å². The maximum absolute atomic E-state index is 13.5. The van der Waals surface area contributed by atoms with Gasteiger partial charge in [0.15, 0.2) is 0 Å². The Kier molecular flexibility index (Phi) is 4.81. The van der Waals surface area contributed by atoms with Crippen LogP contribution in [0.3, 0.4) is 0 Å². The number of carbonyl (C=O) groups excluding carboxylic acids is 1. The van der Waals surface area contributed by atoms with E-state index in [4.69, 9.17) is 0 Å². The molecule has 4 aromatic rings. The first-order valence-corrected chi connectivity index (χ1v) is 10.2. The van der Waals surface area contributed by atoms with Gasteiger partial charge in [0.25, 0.3) is 0 Å². The van der Waals surface area contributed by atoms with Crippen LogP contribution < -0.4 is 5.32 Å². The molecule has 148 valence electrons. The smallest absolute Gasteiger partial charge is 0.318 e. The Labute approximate surface area is 176 Å². The van der Waals surface area contributed by atoms with Crippen LogP contribution in [-0.2, 0) is 13.1 Å². The maximum atomic E-state index is 13.5. The molecule has 1 aromatic heterocycles. The zero-order valence-corrected chi connectivity index (χ0v) is 16.6. The van der Waals surface area contributed by atoms with E-state index in [1.54, 1.807) is 0 Å². The van der Waals surface area contributed by atoms with Gasteiger partial charge < -0.3 is 14.8 Å². The fourth-order valence-electron chi connectivity index (χ4n) is 4.20. The number of amides is 2. The summed E-state index contributed by atoms with van der Waals surface area (Å²) in [5, 5.41) is 3.13. The number of carbonyl (C=O) groups is 1. The topological polar surface area (TPSA) is 37.3 Å². The standard InChI is InChI=1S/C26H23N3O/c30-26(27-18-20-10-3-1-4-11-20)29-19-22-14-7-8-15-23(22)28-17-9-16-24(28)25(29)21-12-5-2-6-13-21/h1-17,25H,18-19H2,(H,27,30). The van der Waals surface area contributed by atoms with Crippen LogP contribution in [0.1, 0.15) is 28.4 Å². The number of benzene rings is 3. The SMILES string of the molecule is O=C(NCc1ccccc1)N1Cc2ccccc2-n2cccc2C1c1ccccc1. The van der Waals surface area contributed by atoms with Crippen molar-refractivity contribution in [2.24, 2.45) is 0 Å². The number of nitrogens with zero attached hydrogens (tertiary/aromatic N) is 2. The Morgan fingerprint density at radius 2 is 1.53 bits per heavy atom. The van der Waals surface area contributed by atoms with Gasteiger partial charge >= 0.3 is 6.03 Å². The highest BCUT2D eigenvalue weighted by Gasteiger charge is 2.32. The Balaban J connectivity index is 1.56. The molecule has 0 bridgehead atoms. The van der Waals surface area contributed by atoms with E-state index in [1.807, 2.05) is 71.6 Å². The highest BCUT2D eigenvalue weighted by atomic mass is 16.2. The minimum atomic E-state index is -0.177. The van der Waals surface area contributed by atoms with E-state index in [-0.39, 0.29) is 12.1 Å². The van der Waals surface area contributed by atoms with Crippen molar-refractivity contribution in [1.82, 2.24) is 14.8 Å². The molecule has 0 spiro atoms. The summed E-state index contributed by atoms with van der Waals surface area (Å²) >= 11 is 0. The molecule has 1 unspecified atom stereocenters. The van der Waals surface area contributed by atoms with Crippen LogP contribution in [0.2, 0.25) is 0 Å². The van der Waals surface area contributed by atoms with Crippen LogP contribution >= 0.6 is 0 Å². The van der Waals surface area contributed by atoms with Crippen molar-refractivity contribution in [3.05, 3.63) is 126 Å². The highest BCUT2D eigenvalue weighted by Crippen LogP contribution is 2.36. The number of hydrogen-bond donors (Lipinski definition) is 1. The van der Waals surface area contributed by atoms with Crippen molar-refractivity contribution in [3.63, 3.8) is 0 Å². The first-order chi connectivity index (χ1) is 14.8. The summed E-state index contributed by atoms with van der Waals surface area (Å²) < 4.78 is 2.21. The zero-order chi connectivity index (χ0) is 20.3.